The largest absolute Gasteiger partial charge is 0.481 e. The fourth-order valence-corrected chi connectivity index (χ4v) is 0.749. The number of hydrogen-bond acceptors (Lipinski definition) is 3. The third-order valence-corrected chi connectivity index (χ3v) is 1.32. The minimum atomic E-state index is -1.45. The fourth-order valence-electron chi connectivity index (χ4n) is 0.749. The summed E-state index contributed by atoms with van der Waals surface area (Å²) in [7, 11) is 0. The van der Waals surface area contributed by atoms with Gasteiger partial charge in [-0.1, -0.05) is 0 Å². The molecule has 0 saturated carbocycles. The molecule has 1 aliphatic rings. The van der Waals surface area contributed by atoms with Gasteiger partial charge in [-0.15, -0.1) is 0 Å². The van der Waals surface area contributed by atoms with Crippen molar-refractivity contribution < 1.29 is 19.1 Å². The van der Waals surface area contributed by atoms with Crippen LogP contribution in [0, 0.1) is 5.92 Å². The number of carboxylic acids is 1. The van der Waals surface area contributed by atoms with Crippen LogP contribution in [0.3, 0.4) is 0 Å². The molecule has 5 unspecified atom stereocenters. The van der Waals surface area contributed by atoms with E-state index in [0.29, 0.717) is 0 Å². The van der Waals surface area contributed by atoms with Crippen molar-refractivity contribution in [2.24, 2.45) is 5.92 Å². The van der Waals surface area contributed by atoms with Crippen molar-refractivity contribution in [2.45, 2.75) is 12.5 Å². The second-order valence-electron chi connectivity index (χ2n) is 2.05. The Balaban J connectivity index is 2.79. The Morgan fingerprint density at radius 3 is 3.10 bits per heavy atom. The van der Waals surface area contributed by atoms with E-state index in [1.807, 2.05) is 0 Å². The first kappa shape index (κ1) is 4.31. The van der Waals surface area contributed by atoms with Gasteiger partial charge < -0.3 is 15.5 Å². The van der Waals surface area contributed by atoms with Crippen LogP contribution in [0.4, 0.5) is 0 Å². The Bertz CT molecular complexity index is 215. The van der Waals surface area contributed by atoms with E-state index >= 15 is 0 Å². The van der Waals surface area contributed by atoms with Gasteiger partial charge in [-0.25, -0.2) is 0 Å². The number of piperidine rings is 1. The molecule has 4 heteroatoms. The molecular weight excluding hydrogens is 134 g/mol. The Morgan fingerprint density at radius 1 is 1.80 bits per heavy atom. The lowest BCUT2D eigenvalue weighted by Gasteiger charge is -2.24. The third-order valence-electron chi connectivity index (χ3n) is 1.32. The van der Waals surface area contributed by atoms with Crippen LogP contribution < -0.4 is 5.32 Å². The minimum absolute atomic E-state index is 1.10. The number of carboxylic acid groups (broad SMARTS) is 1. The Kier molecular flexibility index (Phi) is 1.29. The van der Waals surface area contributed by atoms with Gasteiger partial charge in [-0.2, -0.15) is 0 Å². The molecule has 58 valence electrons. The quantitative estimate of drug-likeness (QED) is 0.448. The zero-order chi connectivity index (χ0) is 10.2. The molecule has 1 fully saturated rings. The van der Waals surface area contributed by atoms with E-state index in [1.165, 1.54) is 0 Å². The summed E-state index contributed by atoms with van der Waals surface area (Å²) in [6, 6.07) is 0. The van der Waals surface area contributed by atoms with Gasteiger partial charge in [0.25, 0.3) is 0 Å². The van der Waals surface area contributed by atoms with E-state index in [2.05, 4.69) is 5.32 Å². The second-order valence-corrected chi connectivity index (χ2v) is 2.05. The van der Waals surface area contributed by atoms with Crippen molar-refractivity contribution in [1.29, 1.82) is 0 Å². The summed E-state index contributed by atoms with van der Waals surface area (Å²) in [4.78, 5) is 10.6. The number of aliphatic carboxylic acids is 1. The van der Waals surface area contributed by atoms with Crippen LogP contribution in [0.5, 0.6) is 0 Å². The molecule has 0 amide bonds. The number of rotatable bonds is 1. The average molecular weight is 148 g/mol. The van der Waals surface area contributed by atoms with Gasteiger partial charge in [0.1, 0.15) is 0 Å². The number of aliphatic hydroxyl groups is 1. The number of aliphatic hydroxyl groups excluding tert-OH is 1. The summed E-state index contributed by atoms with van der Waals surface area (Å²) in [5.74, 6) is -2.65. The van der Waals surface area contributed by atoms with Gasteiger partial charge in [-0.3, -0.25) is 4.79 Å². The number of nitrogens with one attached hydrogen (secondary N) is 1. The zero-order valence-corrected chi connectivity index (χ0v) is 5.19. The maximum atomic E-state index is 10.6. The molecule has 5 atom stereocenters. The Hall–Kier alpha value is -0.610. The molecule has 0 aromatic carbocycles. The number of hydrogen-bond donors (Lipinski definition) is 3. The van der Waals surface area contributed by atoms with Crippen LogP contribution in [0.1, 0.15) is 10.5 Å². The normalized spacial score (nSPS) is 60.1. The lowest BCUT2D eigenvalue weighted by atomic mass is 9.97. The summed E-state index contributed by atoms with van der Waals surface area (Å²) in [6.07, 6.45) is -2.67. The topological polar surface area (TPSA) is 69.6 Å². The summed E-state index contributed by atoms with van der Waals surface area (Å²) in [5.41, 5.74) is 0. The van der Waals surface area contributed by atoms with Gasteiger partial charge in [0, 0.05) is 10.6 Å². The van der Waals surface area contributed by atoms with E-state index in [4.69, 9.17) is 9.22 Å². The van der Waals surface area contributed by atoms with Crippen molar-refractivity contribution in [2.75, 3.05) is 13.0 Å². The molecule has 0 spiro atoms. The first-order valence-corrected chi connectivity index (χ1v) is 2.89. The highest BCUT2D eigenvalue weighted by Crippen LogP contribution is 2.10. The SMILES string of the molecule is [2H]C1NC([2H])C(C(=O)O)C(O)C1[2H]. The Labute approximate surface area is 63.1 Å². The van der Waals surface area contributed by atoms with Crippen LogP contribution in [0.25, 0.3) is 0 Å². The average Bonchev–Trinajstić information content (AvgIpc) is 1.99. The summed E-state index contributed by atoms with van der Waals surface area (Å²) < 4.78 is 21.7. The minimum Gasteiger partial charge on any atom is -0.481 e. The molecule has 1 saturated heterocycles. The van der Waals surface area contributed by atoms with E-state index in [-0.39, 0.29) is 0 Å². The van der Waals surface area contributed by atoms with Gasteiger partial charge in [0.2, 0.25) is 0 Å². The lowest BCUT2D eigenvalue weighted by Crippen LogP contribution is -2.43. The van der Waals surface area contributed by atoms with Crippen LogP contribution in [-0.2, 0) is 4.79 Å². The molecule has 0 aromatic rings. The van der Waals surface area contributed by atoms with Crippen LogP contribution in [-0.4, -0.2) is 35.3 Å². The summed E-state index contributed by atoms with van der Waals surface area (Å²) >= 11 is 0. The van der Waals surface area contributed by atoms with Crippen LogP contribution in [0.2, 0.25) is 0 Å². The smallest absolute Gasteiger partial charge is 0.310 e. The highest BCUT2D eigenvalue weighted by atomic mass is 16.4. The van der Waals surface area contributed by atoms with Crippen molar-refractivity contribution in [1.82, 2.24) is 5.32 Å². The molecule has 1 heterocycles. The van der Waals surface area contributed by atoms with Gasteiger partial charge >= 0.3 is 5.97 Å². The molecule has 1 rings (SSSR count). The molecule has 4 nitrogen and oxygen atoms in total. The van der Waals surface area contributed by atoms with Gasteiger partial charge in [0.15, 0.2) is 0 Å². The highest BCUT2D eigenvalue weighted by molar-refractivity contribution is 5.71. The lowest BCUT2D eigenvalue weighted by molar-refractivity contribution is -0.146. The molecule has 3 N–H and O–H groups in total. The first-order valence-electron chi connectivity index (χ1n) is 4.62. The first-order chi connectivity index (χ1) is 5.95. The third kappa shape index (κ3) is 1.46. The van der Waals surface area contributed by atoms with Crippen LogP contribution in [0.15, 0.2) is 0 Å². The van der Waals surface area contributed by atoms with Crippen molar-refractivity contribution in [3.05, 3.63) is 0 Å². The van der Waals surface area contributed by atoms with Crippen molar-refractivity contribution >= 4 is 5.97 Å². The molecule has 0 bridgehead atoms. The van der Waals surface area contributed by atoms with E-state index < -0.39 is 37.4 Å². The predicted octanol–water partition coefficient (Wildman–Crippen LogP) is -0.959. The van der Waals surface area contributed by atoms with Gasteiger partial charge in [-0.05, 0) is 12.9 Å². The summed E-state index contributed by atoms with van der Waals surface area (Å²) in [6.45, 7) is -2.33. The molecule has 0 aliphatic carbocycles. The summed E-state index contributed by atoms with van der Waals surface area (Å²) in [5, 5.41) is 20.2. The van der Waals surface area contributed by atoms with Gasteiger partial charge in [0.05, 0.1) is 12.0 Å². The maximum Gasteiger partial charge on any atom is 0.310 e. The van der Waals surface area contributed by atoms with E-state index in [1.54, 1.807) is 0 Å². The second kappa shape index (κ2) is 2.98. The van der Waals surface area contributed by atoms with E-state index in [9.17, 15) is 9.90 Å². The molecule has 1 aliphatic heterocycles. The maximum absolute atomic E-state index is 10.6. The molecular formula is C6H11NO3. The standard InChI is InChI=1S/C6H11NO3/c8-5-1-2-7-3-4(5)6(9)10/h4-5,7-8H,1-3H2,(H,9,10)/i1D,2D,3D. The van der Waals surface area contributed by atoms with Crippen molar-refractivity contribution in [3.63, 3.8) is 0 Å². The predicted molar refractivity (Wildman–Crippen MR) is 34.6 cm³/mol. The monoisotopic (exact) mass is 148 g/mol. The fraction of sp³-hybridized carbons (Fsp3) is 0.833. The van der Waals surface area contributed by atoms with E-state index in [0.717, 1.165) is 0 Å². The van der Waals surface area contributed by atoms with Crippen LogP contribution >= 0.6 is 0 Å². The van der Waals surface area contributed by atoms with Crippen molar-refractivity contribution in [3.8, 4) is 0 Å². The molecule has 0 aromatic heterocycles. The highest BCUT2D eigenvalue weighted by Gasteiger charge is 2.28. The number of carbonyl (C=O) groups is 1. The zero-order valence-electron chi connectivity index (χ0n) is 8.19. The molecule has 0 radical (unpaired) electrons. The Morgan fingerprint density at radius 2 is 2.50 bits per heavy atom. The molecule has 10 heavy (non-hydrogen) atoms.